The van der Waals surface area contributed by atoms with E-state index >= 15 is 0 Å². The average Bonchev–Trinajstić information content (AvgIpc) is 3.13. The zero-order valence-electron chi connectivity index (χ0n) is 20.4. The summed E-state index contributed by atoms with van der Waals surface area (Å²) in [5.41, 5.74) is 1.36. The van der Waals surface area contributed by atoms with Gasteiger partial charge in [-0.3, -0.25) is 24.7 Å². The first-order valence-electron chi connectivity index (χ1n) is 11.2. The maximum Gasteiger partial charge on any atom is 0.271 e. The van der Waals surface area contributed by atoms with Crippen molar-refractivity contribution in [2.45, 2.75) is 32.4 Å². The van der Waals surface area contributed by atoms with Crippen LogP contribution in [0, 0.1) is 10.1 Å². The highest BCUT2D eigenvalue weighted by atomic mass is 32.2. The summed E-state index contributed by atoms with van der Waals surface area (Å²) in [5.74, 6) is 0.134. The van der Waals surface area contributed by atoms with Gasteiger partial charge in [-0.25, -0.2) is 0 Å². The maximum atomic E-state index is 13.2. The number of aliphatic imine (C=N–C) groups is 1. The SMILES string of the molecule is CCN=C1SC(CC(=O)Nc2cc([N+](=O)[O-])ccc2OC)C(=O)N1N=C(C)c1ccc(OCC)cc1. The van der Waals surface area contributed by atoms with Crippen LogP contribution < -0.4 is 14.8 Å². The Balaban J connectivity index is 1.76. The summed E-state index contributed by atoms with van der Waals surface area (Å²) in [6.07, 6.45) is -0.174. The van der Waals surface area contributed by atoms with E-state index < -0.39 is 16.1 Å². The Kier molecular flexibility index (Phi) is 9.01. The molecule has 2 aromatic carbocycles. The van der Waals surface area contributed by atoms with E-state index in [0.717, 1.165) is 23.1 Å². The third-order valence-electron chi connectivity index (χ3n) is 5.08. The molecule has 11 nitrogen and oxygen atoms in total. The fourth-order valence-corrected chi connectivity index (χ4v) is 4.49. The Morgan fingerprint density at radius 3 is 2.56 bits per heavy atom. The molecular formula is C24H27N5O6S. The van der Waals surface area contributed by atoms with Crippen LogP contribution in [0.4, 0.5) is 11.4 Å². The minimum absolute atomic E-state index is 0.149. The number of carbonyl (C=O) groups excluding carboxylic acids is 2. The fourth-order valence-electron chi connectivity index (χ4n) is 3.36. The quantitative estimate of drug-likeness (QED) is 0.287. The number of non-ortho nitro benzene ring substituents is 1. The number of nitro benzene ring substituents is 1. The van der Waals surface area contributed by atoms with Crippen LogP contribution in [0.15, 0.2) is 52.6 Å². The number of thioether (sulfide) groups is 1. The standard InChI is InChI=1S/C24H27N5O6S/c1-5-25-24-28(27-15(3)16-7-10-18(11-8-16)35-6-2)23(31)21(36-24)14-22(30)26-19-13-17(29(32)33)9-12-20(19)34-4/h7-13,21H,5-6,14H2,1-4H3,(H,26,30). The molecule has 2 aromatic rings. The van der Waals surface area contributed by atoms with Crippen molar-refractivity contribution in [2.75, 3.05) is 25.6 Å². The highest BCUT2D eigenvalue weighted by molar-refractivity contribution is 8.15. The molecule has 1 heterocycles. The summed E-state index contributed by atoms with van der Waals surface area (Å²) in [4.78, 5) is 40.8. The lowest BCUT2D eigenvalue weighted by Gasteiger charge is -2.13. The van der Waals surface area contributed by atoms with E-state index in [-0.39, 0.29) is 29.5 Å². The average molecular weight is 514 g/mol. The minimum atomic E-state index is -0.753. The minimum Gasteiger partial charge on any atom is -0.495 e. The summed E-state index contributed by atoms with van der Waals surface area (Å²) in [5, 5.41) is 19.1. The summed E-state index contributed by atoms with van der Waals surface area (Å²) in [6.45, 7) is 6.53. The molecule has 0 bridgehead atoms. The molecule has 1 N–H and O–H groups in total. The lowest BCUT2D eigenvalue weighted by molar-refractivity contribution is -0.384. The number of ether oxygens (including phenoxy) is 2. The van der Waals surface area contributed by atoms with Crippen molar-refractivity contribution < 1.29 is 24.0 Å². The van der Waals surface area contributed by atoms with Gasteiger partial charge in [0, 0.05) is 25.1 Å². The number of amides is 2. The molecule has 2 amide bonds. The van der Waals surface area contributed by atoms with Crippen LogP contribution >= 0.6 is 11.8 Å². The molecular weight excluding hydrogens is 486 g/mol. The first-order valence-corrected chi connectivity index (χ1v) is 12.1. The van der Waals surface area contributed by atoms with Crippen molar-refractivity contribution in [1.82, 2.24) is 5.01 Å². The summed E-state index contributed by atoms with van der Waals surface area (Å²) in [6, 6.07) is 11.2. The molecule has 0 saturated carbocycles. The van der Waals surface area contributed by atoms with Gasteiger partial charge in [-0.15, -0.1) is 0 Å². The molecule has 1 fully saturated rings. The monoisotopic (exact) mass is 513 g/mol. The molecule has 0 radical (unpaired) electrons. The Morgan fingerprint density at radius 1 is 1.22 bits per heavy atom. The molecule has 0 spiro atoms. The number of hydrogen-bond acceptors (Lipinski definition) is 9. The number of hydrogen-bond donors (Lipinski definition) is 1. The Morgan fingerprint density at radius 2 is 1.94 bits per heavy atom. The lowest BCUT2D eigenvalue weighted by Crippen LogP contribution is -2.30. The number of methoxy groups -OCH3 is 1. The highest BCUT2D eigenvalue weighted by Crippen LogP contribution is 2.32. The van der Waals surface area contributed by atoms with Gasteiger partial charge in [0.25, 0.3) is 11.6 Å². The Hall–Kier alpha value is -3.93. The Labute approximate surface area is 212 Å². The number of carbonyl (C=O) groups is 2. The van der Waals surface area contributed by atoms with E-state index in [1.807, 2.05) is 38.1 Å². The zero-order chi connectivity index (χ0) is 26.2. The van der Waals surface area contributed by atoms with Gasteiger partial charge >= 0.3 is 0 Å². The van der Waals surface area contributed by atoms with Gasteiger partial charge in [0.05, 0.1) is 30.0 Å². The van der Waals surface area contributed by atoms with Gasteiger partial charge in [0.15, 0.2) is 5.17 Å². The Bertz CT molecular complexity index is 1200. The highest BCUT2D eigenvalue weighted by Gasteiger charge is 2.39. The van der Waals surface area contributed by atoms with Crippen LogP contribution in [0.5, 0.6) is 11.5 Å². The van der Waals surface area contributed by atoms with E-state index in [1.165, 1.54) is 30.3 Å². The molecule has 12 heteroatoms. The smallest absolute Gasteiger partial charge is 0.271 e. The van der Waals surface area contributed by atoms with E-state index in [9.17, 15) is 19.7 Å². The van der Waals surface area contributed by atoms with Crippen molar-refractivity contribution in [3.8, 4) is 11.5 Å². The molecule has 190 valence electrons. The molecule has 1 atom stereocenters. The molecule has 1 aliphatic rings. The second-order valence-corrected chi connectivity index (χ2v) is 8.72. The maximum absolute atomic E-state index is 13.2. The first kappa shape index (κ1) is 26.7. The van der Waals surface area contributed by atoms with E-state index in [2.05, 4.69) is 15.4 Å². The molecule has 1 aliphatic heterocycles. The predicted octanol–water partition coefficient (Wildman–Crippen LogP) is 4.07. The second-order valence-electron chi connectivity index (χ2n) is 7.55. The number of hydrazone groups is 1. The number of rotatable bonds is 10. The summed E-state index contributed by atoms with van der Waals surface area (Å²) >= 11 is 1.15. The summed E-state index contributed by atoms with van der Waals surface area (Å²) in [7, 11) is 1.39. The fraction of sp³-hybridized carbons (Fsp3) is 0.333. The number of benzene rings is 2. The number of nitrogens with one attached hydrogen (secondary N) is 1. The first-order chi connectivity index (χ1) is 17.3. The topological polar surface area (TPSA) is 136 Å². The van der Waals surface area contributed by atoms with Crippen LogP contribution in [0.25, 0.3) is 0 Å². The van der Waals surface area contributed by atoms with Crippen molar-refractivity contribution in [3.05, 3.63) is 58.1 Å². The molecule has 0 aliphatic carbocycles. The zero-order valence-corrected chi connectivity index (χ0v) is 21.2. The van der Waals surface area contributed by atoms with Gasteiger partial charge in [0.2, 0.25) is 5.91 Å². The van der Waals surface area contributed by atoms with Crippen LogP contribution in [0.2, 0.25) is 0 Å². The van der Waals surface area contributed by atoms with E-state index in [1.54, 1.807) is 6.92 Å². The van der Waals surface area contributed by atoms with Crippen molar-refractivity contribution in [3.63, 3.8) is 0 Å². The predicted molar refractivity (Wildman–Crippen MR) is 139 cm³/mol. The molecule has 0 aromatic heterocycles. The van der Waals surface area contributed by atoms with Gasteiger partial charge in [0.1, 0.15) is 16.7 Å². The van der Waals surface area contributed by atoms with Crippen LogP contribution in [-0.4, -0.2) is 58.1 Å². The second kappa shape index (κ2) is 12.2. The molecule has 1 saturated heterocycles. The van der Waals surface area contributed by atoms with Crippen molar-refractivity contribution in [1.29, 1.82) is 0 Å². The number of nitro groups is 1. The third-order valence-corrected chi connectivity index (χ3v) is 6.24. The molecule has 3 rings (SSSR count). The van der Waals surface area contributed by atoms with Crippen molar-refractivity contribution >= 4 is 45.8 Å². The van der Waals surface area contributed by atoms with E-state index in [0.29, 0.717) is 24.0 Å². The number of amidine groups is 1. The van der Waals surface area contributed by atoms with Gasteiger partial charge in [-0.1, -0.05) is 11.8 Å². The largest absolute Gasteiger partial charge is 0.495 e. The van der Waals surface area contributed by atoms with Crippen molar-refractivity contribution in [2.24, 2.45) is 10.1 Å². The molecule has 1 unspecified atom stereocenters. The van der Waals surface area contributed by atoms with E-state index in [4.69, 9.17) is 9.47 Å². The molecule has 36 heavy (non-hydrogen) atoms. The van der Waals surface area contributed by atoms with Gasteiger partial charge < -0.3 is 14.8 Å². The third kappa shape index (κ3) is 6.39. The summed E-state index contributed by atoms with van der Waals surface area (Å²) < 4.78 is 10.6. The normalized spacial score (nSPS) is 16.8. The van der Waals surface area contributed by atoms with Crippen LogP contribution in [0.1, 0.15) is 32.8 Å². The number of nitrogens with zero attached hydrogens (tertiary/aromatic N) is 4. The van der Waals surface area contributed by atoms with Gasteiger partial charge in [-0.2, -0.15) is 10.1 Å². The lowest BCUT2D eigenvalue weighted by atomic mass is 10.1. The van der Waals surface area contributed by atoms with Crippen LogP contribution in [-0.2, 0) is 9.59 Å². The number of anilines is 1. The van der Waals surface area contributed by atoms with Crippen LogP contribution in [0.3, 0.4) is 0 Å². The van der Waals surface area contributed by atoms with Gasteiger partial charge in [-0.05, 0) is 56.7 Å².